The molecule has 0 amide bonds. The van der Waals surface area contributed by atoms with E-state index in [1.165, 1.54) is 18.6 Å². The highest BCUT2D eigenvalue weighted by atomic mass is 16.7. The zero-order valence-electron chi connectivity index (χ0n) is 7.91. The summed E-state index contributed by atoms with van der Waals surface area (Å²) in [7, 11) is 0. The van der Waals surface area contributed by atoms with Gasteiger partial charge in [-0.3, -0.25) is 10.1 Å². The van der Waals surface area contributed by atoms with Gasteiger partial charge in [-0.05, 0) is 6.08 Å². The highest BCUT2D eigenvalue weighted by molar-refractivity contribution is 5.13. The summed E-state index contributed by atoms with van der Waals surface area (Å²) in [5, 5.41) is 10.5. The van der Waals surface area contributed by atoms with Crippen molar-refractivity contribution in [1.29, 1.82) is 0 Å². The molecule has 0 aromatic heterocycles. The third-order valence-electron chi connectivity index (χ3n) is 2.08. The van der Waals surface area contributed by atoms with Gasteiger partial charge in [0.05, 0.1) is 11.5 Å². The Balaban J connectivity index is 1.88. The van der Waals surface area contributed by atoms with Crippen LogP contribution in [0.4, 0.5) is 0 Å². The van der Waals surface area contributed by atoms with E-state index in [1.807, 2.05) is 0 Å². The Morgan fingerprint density at radius 2 is 2.27 bits per heavy atom. The predicted molar refractivity (Wildman–Crippen MR) is 50.9 cm³/mol. The summed E-state index contributed by atoms with van der Waals surface area (Å²) in [6, 6.07) is 0. The van der Waals surface area contributed by atoms with E-state index >= 15 is 0 Å². The Morgan fingerprint density at radius 3 is 2.93 bits per heavy atom. The summed E-state index contributed by atoms with van der Waals surface area (Å²) in [6.07, 6.45) is 7.46. The van der Waals surface area contributed by atoms with Crippen molar-refractivity contribution in [2.45, 2.75) is 6.29 Å². The van der Waals surface area contributed by atoms with E-state index in [0.717, 1.165) is 0 Å². The highest BCUT2D eigenvalue weighted by Gasteiger charge is 2.21. The Morgan fingerprint density at radius 1 is 1.53 bits per heavy atom. The smallest absolute Gasteiger partial charge is 0.265 e. The quantitative estimate of drug-likeness (QED) is 0.509. The van der Waals surface area contributed by atoms with Crippen molar-refractivity contribution in [3.8, 4) is 0 Å². The van der Waals surface area contributed by atoms with Crippen LogP contribution in [0.1, 0.15) is 0 Å². The molecule has 2 heterocycles. The summed E-state index contributed by atoms with van der Waals surface area (Å²) in [6.45, 7) is 0.737. The molecule has 0 fully saturated rings. The molecule has 80 valence electrons. The van der Waals surface area contributed by atoms with Gasteiger partial charge >= 0.3 is 0 Å². The lowest BCUT2D eigenvalue weighted by Gasteiger charge is -2.23. The summed E-state index contributed by atoms with van der Waals surface area (Å²) in [5.41, 5.74) is 0.170. The van der Waals surface area contributed by atoms with Gasteiger partial charge < -0.3 is 14.4 Å². The number of hydrogen-bond acceptors (Lipinski definition) is 5. The number of ether oxygens (including phenoxy) is 2. The number of nitro groups is 1. The molecule has 0 bridgehead atoms. The number of hydrogen-bond donors (Lipinski definition) is 0. The molecule has 0 aromatic carbocycles. The molecule has 0 saturated heterocycles. The van der Waals surface area contributed by atoms with E-state index in [0.29, 0.717) is 6.54 Å². The molecule has 6 heteroatoms. The minimum Gasteiger partial charge on any atom is -0.457 e. The van der Waals surface area contributed by atoms with E-state index in [9.17, 15) is 10.1 Å². The average molecular weight is 210 g/mol. The van der Waals surface area contributed by atoms with Gasteiger partial charge in [-0.1, -0.05) is 0 Å². The van der Waals surface area contributed by atoms with Gasteiger partial charge in [0.2, 0.25) is 0 Å². The number of nitrogens with zero attached hydrogens (tertiary/aromatic N) is 2. The van der Waals surface area contributed by atoms with E-state index in [-0.39, 0.29) is 23.5 Å². The lowest BCUT2D eigenvalue weighted by molar-refractivity contribution is -0.428. The fourth-order valence-electron chi connectivity index (χ4n) is 1.38. The van der Waals surface area contributed by atoms with E-state index in [1.54, 1.807) is 17.2 Å². The molecule has 0 N–H and O–H groups in total. The Kier molecular flexibility index (Phi) is 2.57. The van der Waals surface area contributed by atoms with Crippen LogP contribution in [0.5, 0.6) is 0 Å². The van der Waals surface area contributed by atoms with Crippen molar-refractivity contribution in [3.63, 3.8) is 0 Å². The van der Waals surface area contributed by atoms with Crippen LogP contribution >= 0.6 is 0 Å². The molecule has 0 aliphatic carbocycles. The molecule has 0 saturated carbocycles. The van der Waals surface area contributed by atoms with Gasteiger partial charge in [0, 0.05) is 12.3 Å². The molecular formula is C9H10N2O4. The van der Waals surface area contributed by atoms with Gasteiger partial charge in [-0.2, -0.15) is 0 Å². The van der Waals surface area contributed by atoms with Crippen LogP contribution < -0.4 is 0 Å². The minimum absolute atomic E-state index is 0.170. The molecule has 0 radical (unpaired) electrons. The van der Waals surface area contributed by atoms with Gasteiger partial charge in [0.15, 0.2) is 0 Å². The van der Waals surface area contributed by atoms with Gasteiger partial charge in [-0.15, -0.1) is 0 Å². The van der Waals surface area contributed by atoms with Crippen molar-refractivity contribution in [1.82, 2.24) is 4.90 Å². The van der Waals surface area contributed by atoms with Crippen molar-refractivity contribution >= 4 is 0 Å². The zero-order chi connectivity index (χ0) is 10.7. The first-order valence-electron chi connectivity index (χ1n) is 4.47. The topological polar surface area (TPSA) is 64.8 Å². The molecule has 0 aromatic rings. The summed E-state index contributed by atoms with van der Waals surface area (Å²) in [5.74, 6) is 0. The van der Waals surface area contributed by atoms with E-state index in [4.69, 9.17) is 9.47 Å². The monoisotopic (exact) mass is 210 g/mol. The van der Waals surface area contributed by atoms with Crippen molar-refractivity contribution < 1.29 is 14.4 Å². The third-order valence-corrected chi connectivity index (χ3v) is 2.08. The Labute approximate surface area is 86.2 Å². The molecule has 2 rings (SSSR count). The van der Waals surface area contributed by atoms with Crippen LogP contribution in [0, 0.1) is 10.1 Å². The molecule has 0 atom stereocenters. The average Bonchev–Trinajstić information content (AvgIpc) is 2.71. The minimum atomic E-state index is -0.384. The van der Waals surface area contributed by atoms with E-state index in [2.05, 4.69) is 0 Å². The van der Waals surface area contributed by atoms with Crippen molar-refractivity contribution in [3.05, 3.63) is 46.7 Å². The van der Waals surface area contributed by atoms with Crippen LogP contribution in [0.25, 0.3) is 0 Å². The summed E-state index contributed by atoms with van der Waals surface area (Å²) < 4.78 is 10.2. The standard InChI is InChI=1S/C9H10N2O4/c12-11(13)8-2-1-3-10(6-8)7-9-14-4-5-15-9/h1-5,9H,6-7H2. The third kappa shape index (κ3) is 2.28. The van der Waals surface area contributed by atoms with Crippen molar-refractivity contribution in [2.75, 3.05) is 13.1 Å². The maximum Gasteiger partial charge on any atom is 0.265 e. The molecule has 0 unspecified atom stereocenters. The van der Waals surface area contributed by atoms with Crippen LogP contribution in [-0.4, -0.2) is 29.2 Å². The number of rotatable bonds is 3. The van der Waals surface area contributed by atoms with Crippen LogP contribution in [0.3, 0.4) is 0 Å². The SMILES string of the molecule is O=[N+]([O-])C1=CC=CN(CC2OC=CO2)C1. The second-order valence-electron chi connectivity index (χ2n) is 3.16. The lowest BCUT2D eigenvalue weighted by atomic mass is 10.3. The fourth-order valence-corrected chi connectivity index (χ4v) is 1.38. The Hall–Kier alpha value is -1.98. The molecule has 6 nitrogen and oxygen atoms in total. The van der Waals surface area contributed by atoms with Gasteiger partial charge in [-0.25, -0.2) is 0 Å². The molecule has 15 heavy (non-hydrogen) atoms. The molecule has 0 spiro atoms. The van der Waals surface area contributed by atoms with Crippen LogP contribution in [0.2, 0.25) is 0 Å². The second-order valence-corrected chi connectivity index (χ2v) is 3.16. The maximum atomic E-state index is 10.5. The Bertz CT molecular complexity index is 340. The first-order chi connectivity index (χ1) is 7.25. The fraction of sp³-hybridized carbons (Fsp3) is 0.333. The van der Waals surface area contributed by atoms with Gasteiger partial charge in [0.25, 0.3) is 12.0 Å². The molecular weight excluding hydrogens is 200 g/mol. The first-order valence-corrected chi connectivity index (χ1v) is 4.47. The predicted octanol–water partition coefficient (Wildman–Crippen LogP) is 0.820. The highest BCUT2D eigenvalue weighted by Crippen LogP contribution is 2.12. The second kappa shape index (κ2) is 4.04. The summed E-state index contributed by atoms with van der Waals surface area (Å²) >= 11 is 0. The lowest BCUT2D eigenvalue weighted by Crippen LogP contribution is -2.32. The largest absolute Gasteiger partial charge is 0.457 e. The molecule has 2 aliphatic heterocycles. The van der Waals surface area contributed by atoms with Gasteiger partial charge in [0.1, 0.15) is 19.1 Å². The van der Waals surface area contributed by atoms with Crippen LogP contribution in [-0.2, 0) is 9.47 Å². The van der Waals surface area contributed by atoms with E-state index < -0.39 is 0 Å². The van der Waals surface area contributed by atoms with Crippen LogP contribution in [0.15, 0.2) is 36.6 Å². The zero-order valence-corrected chi connectivity index (χ0v) is 7.91. The van der Waals surface area contributed by atoms with Crippen molar-refractivity contribution in [2.24, 2.45) is 0 Å². The first kappa shape index (κ1) is 9.57. The normalized spacial score (nSPS) is 19.7. The summed E-state index contributed by atoms with van der Waals surface area (Å²) in [4.78, 5) is 11.9. The maximum absolute atomic E-state index is 10.5. The number of allylic oxidation sites excluding steroid dienone is 2. The molecule has 2 aliphatic rings.